The standard InChI is InChI=1S/C19H21N5O3/c1-4-26-16-9-12(5-6-15(16)27-8-7-24(2)3)17-13(10-20)18(22)23-19(25)14(17)11-21/h5-6,9H,4,7-8H2,1-3H3,(H3,22,23,25). The first-order valence-electron chi connectivity index (χ1n) is 8.33. The number of H-pyrrole nitrogens is 1. The van der Waals surface area contributed by atoms with Crippen LogP contribution >= 0.6 is 0 Å². The third-order valence-electron chi connectivity index (χ3n) is 3.80. The van der Waals surface area contributed by atoms with Crippen LogP contribution in [0.3, 0.4) is 0 Å². The van der Waals surface area contributed by atoms with Gasteiger partial charge in [-0.3, -0.25) is 4.79 Å². The maximum atomic E-state index is 12.1. The van der Waals surface area contributed by atoms with Gasteiger partial charge in [-0.15, -0.1) is 0 Å². The van der Waals surface area contributed by atoms with E-state index >= 15 is 0 Å². The van der Waals surface area contributed by atoms with Crippen molar-refractivity contribution in [3.05, 3.63) is 39.7 Å². The normalized spacial score (nSPS) is 10.3. The van der Waals surface area contributed by atoms with Gasteiger partial charge in [0.15, 0.2) is 11.5 Å². The highest BCUT2D eigenvalue weighted by molar-refractivity contribution is 5.81. The van der Waals surface area contributed by atoms with Gasteiger partial charge < -0.3 is 25.1 Å². The largest absolute Gasteiger partial charge is 0.490 e. The van der Waals surface area contributed by atoms with E-state index in [1.807, 2.05) is 38.1 Å². The van der Waals surface area contributed by atoms with Gasteiger partial charge in [-0.1, -0.05) is 6.07 Å². The molecule has 8 heteroatoms. The van der Waals surface area contributed by atoms with Crippen LogP contribution in [0.2, 0.25) is 0 Å². The number of hydrogen-bond donors (Lipinski definition) is 2. The molecule has 1 aromatic heterocycles. The average Bonchev–Trinajstić information content (AvgIpc) is 2.62. The molecule has 0 bridgehead atoms. The fraction of sp³-hybridized carbons (Fsp3) is 0.316. The van der Waals surface area contributed by atoms with Crippen LogP contribution in [0, 0.1) is 22.7 Å². The number of aromatic nitrogens is 1. The number of pyridine rings is 1. The van der Waals surface area contributed by atoms with E-state index < -0.39 is 5.56 Å². The molecule has 3 N–H and O–H groups in total. The summed E-state index contributed by atoms with van der Waals surface area (Å²) < 4.78 is 11.4. The number of aromatic amines is 1. The molecule has 0 amide bonds. The molecule has 2 aromatic rings. The first-order valence-corrected chi connectivity index (χ1v) is 8.33. The second kappa shape index (κ2) is 8.75. The number of anilines is 1. The van der Waals surface area contributed by atoms with Crippen molar-refractivity contribution in [2.24, 2.45) is 0 Å². The summed E-state index contributed by atoms with van der Waals surface area (Å²) in [5.74, 6) is 0.915. The minimum Gasteiger partial charge on any atom is -0.490 e. The molecule has 1 heterocycles. The Balaban J connectivity index is 2.58. The van der Waals surface area contributed by atoms with E-state index in [2.05, 4.69) is 4.98 Å². The van der Waals surface area contributed by atoms with Gasteiger partial charge in [0.05, 0.1) is 6.61 Å². The monoisotopic (exact) mass is 367 g/mol. The summed E-state index contributed by atoms with van der Waals surface area (Å²) in [4.78, 5) is 16.4. The number of ether oxygens (including phenoxy) is 2. The summed E-state index contributed by atoms with van der Waals surface area (Å²) in [6, 6.07) is 8.81. The van der Waals surface area contributed by atoms with Crippen molar-refractivity contribution in [1.29, 1.82) is 10.5 Å². The van der Waals surface area contributed by atoms with E-state index in [0.717, 1.165) is 6.54 Å². The van der Waals surface area contributed by atoms with Crippen molar-refractivity contribution in [3.63, 3.8) is 0 Å². The van der Waals surface area contributed by atoms with Crippen molar-refractivity contribution in [2.45, 2.75) is 6.92 Å². The van der Waals surface area contributed by atoms with Crippen molar-refractivity contribution in [3.8, 4) is 34.8 Å². The van der Waals surface area contributed by atoms with E-state index in [0.29, 0.717) is 30.3 Å². The molecule has 1 aromatic carbocycles. The minimum atomic E-state index is -0.645. The fourth-order valence-corrected chi connectivity index (χ4v) is 2.52. The molecule has 0 radical (unpaired) electrons. The van der Waals surface area contributed by atoms with Gasteiger partial charge >= 0.3 is 0 Å². The molecule has 140 valence electrons. The summed E-state index contributed by atoms with van der Waals surface area (Å²) >= 11 is 0. The molecule has 0 unspecified atom stereocenters. The van der Waals surface area contributed by atoms with Crippen LogP contribution < -0.4 is 20.8 Å². The average molecular weight is 367 g/mol. The van der Waals surface area contributed by atoms with Crippen LogP contribution in [-0.2, 0) is 0 Å². The van der Waals surface area contributed by atoms with Crippen molar-refractivity contribution in [2.75, 3.05) is 39.6 Å². The van der Waals surface area contributed by atoms with Crippen LogP contribution in [0.5, 0.6) is 11.5 Å². The quantitative estimate of drug-likeness (QED) is 0.762. The minimum absolute atomic E-state index is 0.0369. The Bertz CT molecular complexity index is 967. The van der Waals surface area contributed by atoms with Crippen molar-refractivity contribution < 1.29 is 9.47 Å². The van der Waals surface area contributed by atoms with E-state index in [1.54, 1.807) is 18.2 Å². The molecule has 0 aliphatic rings. The van der Waals surface area contributed by atoms with Gasteiger partial charge in [0.1, 0.15) is 35.7 Å². The van der Waals surface area contributed by atoms with Crippen LogP contribution in [0.25, 0.3) is 11.1 Å². The molecule has 0 spiro atoms. The molecular formula is C19H21N5O3. The molecule has 27 heavy (non-hydrogen) atoms. The second-order valence-corrected chi connectivity index (χ2v) is 5.96. The van der Waals surface area contributed by atoms with E-state index in [1.165, 1.54) is 0 Å². The zero-order valence-electron chi connectivity index (χ0n) is 15.5. The van der Waals surface area contributed by atoms with Gasteiger partial charge in [-0.25, -0.2) is 0 Å². The highest BCUT2D eigenvalue weighted by Gasteiger charge is 2.19. The summed E-state index contributed by atoms with van der Waals surface area (Å²) in [6.45, 7) is 3.44. The zero-order chi connectivity index (χ0) is 20.0. The van der Waals surface area contributed by atoms with Crippen LogP contribution in [0.4, 0.5) is 5.82 Å². The molecule has 0 aliphatic heterocycles. The van der Waals surface area contributed by atoms with E-state index in [-0.39, 0.29) is 22.5 Å². The first kappa shape index (κ1) is 19.8. The Morgan fingerprint density at radius 2 is 1.85 bits per heavy atom. The Hall–Kier alpha value is -3.49. The number of nitrogens with one attached hydrogen (secondary N) is 1. The third kappa shape index (κ3) is 4.38. The lowest BCUT2D eigenvalue weighted by molar-refractivity contribution is 0.244. The number of hydrogen-bond acceptors (Lipinski definition) is 7. The molecule has 2 rings (SSSR count). The molecule has 0 atom stereocenters. The molecule has 0 fully saturated rings. The summed E-state index contributed by atoms with van der Waals surface area (Å²) in [5, 5.41) is 18.8. The topological polar surface area (TPSA) is 128 Å². The van der Waals surface area contributed by atoms with Gasteiger partial charge in [0.2, 0.25) is 0 Å². The Kier molecular flexibility index (Phi) is 6.42. The smallest absolute Gasteiger partial charge is 0.268 e. The third-order valence-corrected chi connectivity index (χ3v) is 3.80. The van der Waals surface area contributed by atoms with Gasteiger partial charge in [-0.2, -0.15) is 10.5 Å². The number of nitrogens with two attached hydrogens (primary N) is 1. The molecule has 8 nitrogen and oxygen atoms in total. The predicted octanol–water partition coefficient (Wildman–Crippen LogP) is 1.71. The van der Waals surface area contributed by atoms with Gasteiger partial charge in [0.25, 0.3) is 5.56 Å². The number of likely N-dealkylation sites (N-methyl/N-ethyl adjacent to an activating group) is 1. The lowest BCUT2D eigenvalue weighted by Gasteiger charge is -2.16. The number of benzene rings is 1. The van der Waals surface area contributed by atoms with Crippen LogP contribution in [0.1, 0.15) is 18.1 Å². The Labute approximate surface area is 157 Å². The molecule has 0 saturated carbocycles. The summed E-state index contributed by atoms with van der Waals surface area (Å²) in [6.07, 6.45) is 0. The molecule has 0 saturated heterocycles. The van der Waals surface area contributed by atoms with E-state index in [9.17, 15) is 15.3 Å². The number of rotatable bonds is 7. The molecule has 0 aliphatic carbocycles. The van der Waals surface area contributed by atoms with Crippen molar-refractivity contribution in [1.82, 2.24) is 9.88 Å². The highest BCUT2D eigenvalue weighted by atomic mass is 16.5. The SMILES string of the molecule is CCOc1cc(-c2c(C#N)c(N)[nH]c(=O)c2C#N)ccc1OCCN(C)C. The Morgan fingerprint density at radius 1 is 1.15 bits per heavy atom. The van der Waals surface area contributed by atoms with E-state index in [4.69, 9.17) is 15.2 Å². The van der Waals surface area contributed by atoms with Crippen LogP contribution in [-0.4, -0.2) is 43.7 Å². The number of nitrogens with zero attached hydrogens (tertiary/aromatic N) is 3. The number of nitriles is 2. The first-order chi connectivity index (χ1) is 12.9. The van der Waals surface area contributed by atoms with Gasteiger partial charge in [0, 0.05) is 12.1 Å². The van der Waals surface area contributed by atoms with Crippen LogP contribution in [0.15, 0.2) is 23.0 Å². The van der Waals surface area contributed by atoms with Crippen molar-refractivity contribution >= 4 is 5.82 Å². The summed E-state index contributed by atoms with van der Waals surface area (Å²) in [7, 11) is 3.89. The lowest BCUT2D eigenvalue weighted by Crippen LogP contribution is -2.19. The summed E-state index contributed by atoms with van der Waals surface area (Å²) in [5.41, 5.74) is 5.64. The zero-order valence-corrected chi connectivity index (χ0v) is 15.5. The highest BCUT2D eigenvalue weighted by Crippen LogP contribution is 2.35. The lowest BCUT2D eigenvalue weighted by atomic mass is 9.96. The molecular weight excluding hydrogens is 346 g/mol. The fourth-order valence-electron chi connectivity index (χ4n) is 2.52. The predicted molar refractivity (Wildman–Crippen MR) is 102 cm³/mol. The second-order valence-electron chi connectivity index (χ2n) is 5.96. The number of nitrogen functional groups attached to an aromatic ring is 1. The maximum Gasteiger partial charge on any atom is 0.268 e. The Morgan fingerprint density at radius 3 is 2.44 bits per heavy atom. The van der Waals surface area contributed by atoms with Gasteiger partial charge in [-0.05, 0) is 38.7 Å². The maximum absolute atomic E-state index is 12.1.